The van der Waals surface area contributed by atoms with Crippen molar-refractivity contribution in [3.05, 3.63) is 65.4 Å². The number of para-hydroxylation sites is 1. The van der Waals surface area contributed by atoms with Gasteiger partial charge in [0, 0.05) is 28.9 Å². The largest absolute Gasteiger partial charge is 0.477 e. The number of hydrogen-bond acceptors (Lipinski definition) is 3. The maximum Gasteiger partial charge on any atom is 0.354 e. The first-order chi connectivity index (χ1) is 12.5. The molecule has 0 amide bonds. The lowest BCUT2D eigenvalue weighted by atomic mass is 10.0. The van der Waals surface area contributed by atoms with E-state index in [0.717, 1.165) is 27.4 Å². The predicted molar refractivity (Wildman–Crippen MR) is 100 cm³/mol. The number of aryl methyl sites for hydroxylation is 2. The van der Waals surface area contributed by atoms with E-state index < -0.39 is 5.97 Å². The molecule has 4 aromatic rings. The number of carboxylic acid groups (broad SMARTS) is 1. The first-order valence-corrected chi connectivity index (χ1v) is 8.14. The summed E-state index contributed by atoms with van der Waals surface area (Å²) >= 11 is 0. The molecule has 4 rings (SSSR count). The monoisotopic (exact) mass is 341 g/mol. The average molecular weight is 341 g/mol. The van der Waals surface area contributed by atoms with E-state index in [1.807, 2.05) is 41.9 Å². The highest BCUT2D eigenvalue weighted by Gasteiger charge is 2.22. The van der Waals surface area contributed by atoms with Gasteiger partial charge in [-0.1, -0.05) is 30.3 Å². The van der Waals surface area contributed by atoms with E-state index in [-0.39, 0.29) is 5.69 Å². The van der Waals surface area contributed by atoms with Crippen molar-refractivity contribution < 1.29 is 9.90 Å². The van der Waals surface area contributed by atoms with Gasteiger partial charge in [-0.05, 0) is 30.7 Å². The Morgan fingerprint density at radius 2 is 1.96 bits per heavy atom. The molecule has 2 aromatic carbocycles. The molecule has 0 aliphatic carbocycles. The molecule has 0 unspecified atom stereocenters. The Labute approximate surface area is 149 Å². The lowest BCUT2D eigenvalue weighted by molar-refractivity contribution is 0.0690. The number of aromatic carboxylic acids is 1. The van der Waals surface area contributed by atoms with Crippen LogP contribution in [0.5, 0.6) is 0 Å². The van der Waals surface area contributed by atoms with Crippen molar-refractivity contribution in [3.63, 3.8) is 0 Å². The molecule has 0 radical (unpaired) electrons. The molecule has 5 heteroatoms. The summed E-state index contributed by atoms with van der Waals surface area (Å²) in [4.78, 5) is 16.3. The SMILES string of the molecule is Cc1c(C(=O)O)nc(-c2cccc(C#N)c2)c2c1c1ccccc1n2C. The summed E-state index contributed by atoms with van der Waals surface area (Å²) in [6.45, 7) is 1.79. The van der Waals surface area contributed by atoms with Crippen molar-refractivity contribution >= 4 is 27.8 Å². The van der Waals surface area contributed by atoms with Crippen LogP contribution >= 0.6 is 0 Å². The lowest BCUT2D eigenvalue weighted by Gasteiger charge is -2.11. The lowest BCUT2D eigenvalue weighted by Crippen LogP contribution is -2.06. The normalized spacial score (nSPS) is 11.0. The van der Waals surface area contributed by atoms with Crippen LogP contribution in [0.3, 0.4) is 0 Å². The van der Waals surface area contributed by atoms with Crippen LogP contribution in [0.2, 0.25) is 0 Å². The average Bonchev–Trinajstić information content (AvgIpc) is 2.96. The van der Waals surface area contributed by atoms with Gasteiger partial charge in [-0.3, -0.25) is 0 Å². The number of rotatable bonds is 2. The molecule has 0 atom stereocenters. The van der Waals surface area contributed by atoms with Gasteiger partial charge in [0.25, 0.3) is 0 Å². The summed E-state index contributed by atoms with van der Waals surface area (Å²) in [5, 5.41) is 20.7. The zero-order valence-corrected chi connectivity index (χ0v) is 14.3. The molecule has 0 spiro atoms. The van der Waals surface area contributed by atoms with Gasteiger partial charge in [0.2, 0.25) is 0 Å². The second-order valence-electron chi connectivity index (χ2n) is 6.23. The zero-order valence-electron chi connectivity index (χ0n) is 14.3. The Morgan fingerprint density at radius 3 is 2.69 bits per heavy atom. The minimum atomic E-state index is -1.06. The zero-order chi connectivity index (χ0) is 18.4. The third kappa shape index (κ3) is 2.16. The van der Waals surface area contributed by atoms with Crippen molar-refractivity contribution in [2.45, 2.75) is 6.92 Å². The highest BCUT2D eigenvalue weighted by Crippen LogP contribution is 2.37. The van der Waals surface area contributed by atoms with Crippen molar-refractivity contribution in [1.82, 2.24) is 9.55 Å². The second-order valence-corrected chi connectivity index (χ2v) is 6.23. The van der Waals surface area contributed by atoms with Gasteiger partial charge in [-0.25, -0.2) is 9.78 Å². The van der Waals surface area contributed by atoms with Crippen molar-refractivity contribution in [1.29, 1.82) is 5.26 Å². The fourth-order valence-electron chi connectivity index (χ4n) is 3.56. The number of fused-ring (bicyclic) bond motifs is 3. The van der Waals surface area contributed by atoms with Gasteiger partial charge >= 0.3 is 5.97 Å². The van der Waals surface area contributed by atoms with Crippen LogP contribution in [0, 0.1) is 18.3 Å². The van der Waals surface area contributed by atoms with Gasteiger partial charge in [-0.2, -0.15) is 5.26 Å². The Morgan fingerprint density at radius 1 is 1.19 bits per heavy atom. The Hall–Kier alpha value is -3.65. The van der Waals surface area contributed by atoms with E-state index in [1.54, 1.807) is 25.1 Å². The van der Waals surface area contributed by atoms with Crippen LogP contribution in [0.4, 0.5) is 0 Å². The Kier molecular flexibility index (Phi) is 3.48. The summed E-state index contributed by atoms with van der Waals surface area (Å²) in [5.41, 5.74) is 4.35. The number of pyridine rings is 1. The van der Waals surface area contributed by atoms with E-state index >= 15 is 0 Å². The van der Waals surface area contributed by atoms with Crippen molar-refractivity contribution in [3.8, 4) is 17.3 Å². The topological polar surface area (TPSA) is 78.9 Å². The van der Waals surface area contributed by atoms with Crippen LogP contribution in [0.25, 0.3) is 33.1 Å². The number of hydrogen-bond donors (Lipinski definition) is 1. The minimum Gasteiger partial charge on any atom is -0.477 e. The van der Waals surface area contributed by atoms with E-state index in [9.17, 15) is 15.2 Å². The maximum atomic E-state index is 11.8. The van der Waals surface area contributed by atoms with Gasteiger partial charge in [0.1, 0.15) is 0 Å². The summed E-state index contributed by atoms with van der Waals surface area (Å²) in [5.74, 6) is -1.06. The number of benzene rings is 2. The van der Waals surface area contributed by atoms with E-state index in [4.69, 9.17) is 0 Å². The molecule has 0 saturated carbocycles. The molecule has 0 fully saturated rings. The van der Waals surface area contributed by atoms with Gasteiger partial charge in [0.15, 0.2) is 5.69 Å². The van der Waals surface area contributed by atoms with Crippen molar-refractivity contribution in [2.75, 3.05) is 0 Å². The molecule has 5 nitrogen and oxygen atoms in total. The van der Waals surface area contributed by atoms with Gasteiger partial charge in [0.05, 0.1) is 22.8 Å². The standard InChI is InChI=1S/C21H15N3O2/c1-12-17-15-8-3-4-9-16(15)24(2)20(17)19(23-18(12)21(25)26)14-7-5-6-13(10-14)11-22/h3-10H,1-2H3,(H,25,26). The molecular formula is C21H15N3O2. The smallest absolute Gasteiger partial charge is 0.354 e. The first kappa shape index (κ1) is 15.9. The molecular weight excluding hydrogens is 326 g/mol. The second kappa shape index (κ2) is 5.71. The molecule has 0 saturated heterocycles. The fourth-order valence-corrected chi connectivity index (χ4v) is 3.56. The summed E-state index contributed by atoms with van der Waals surface area (Å²) in [6.07, 6.45) is 0. The highest BCUT2D eigenvalue weighted by atomic mass is 16.4. The maximum absolute atomic E-state index is 11.8. The third-order valence-electron chi connectivity index (χ3n) is 4.75. The number of nitrogens with zero attached hydrogens (tertiary/aromatic N) is 3. The minimum absolute atomic E-state index is 0.0335. The van der Waals surface area contributed by atoms with Crippen LogP contribution in [-0.4, -0.2) is 20.6 Å². The highest BCUT2D eigenvalue weighted by molar-refractivity contribution is 6.15. The summed E-state index contributed by atoms with van der Waals surface area (Å²) < 4.78 is 2.03. The van der Waals surface area contributed by atoms with Gasteiger partial charge in [-0.15, -0.1) is 0 Å². The fraction of sp³-hybridized carbons (Fsp3) is 0.0952. The van der Waals surface area contributed by atoms with Crippen LogP contribution in [0.1, 0.15) is 21.6 Å². The summed E-state index contributed by atoms with van der Waals surface area (Å²) in [6, 6.07) is 17.1. The first-order valence-electron chi connectivity index (χ1n) is 8.14. The third-order valence-corrected chi connectivity index (χ3v) is 4.75. The molecule has 0 bridgehead atoms. The van der Waals surface area contributed by atoms with Gasteiger partial charge < -0.3 is 9.67 Å². The van der Waals surface area contributed by atoms with Crippen LogP contribution in [0.15, 0.2) is 48.5 Å². The van der Waals surface area contributed by atoms with E-state index in [0.29, 0.717) is 16.8 Å². The molecule has 26 heavy (non-hydrogen) atoms. The van der Waals surface area contributed by atoms with Crippen molar-refractivity contribution in [2.24, 2.45) is 7.05 Å². The molecule has 2 aromatic heterocycles. The number of nitriles is 1. The summed E-state index contributed by atoms with van der Waals surface area (Å²) in [7, 11) is 1.95. The number of carboxylic acids is 1. The Bertz CT molecular complexity index is 1250. The predicted octanol–water partition coefficient (Wildman–Crippen LogP) is 4.27. The number of aromatic nitrogens is 2. The molecule has 0 aliphatic heterocycles. The van der Waals surface area contributed by atoms with E-state index in [1.165, 1.54) is 0 Å². The molecule has 126 valence electrons. The van der Waals surface area contributed by atoms with E-state index in [2.05, 4.69) is 11.1 Å². The van der Waals surface area contributed by atoms with Crippen LogP contribution < -0.4 is 0 Å². The number of carbonyl (C=O) groups is 1. The molecule has 2 heterocycles. The molecule has 1 N–H and O–H groups in total. The quantitative estimate of drug-likeness (QED) is 0.590. The Balaban J connectivity index is 2.24. The molecule has 0 aliphatic rings. The van der Waals surface area contributed by atoms with Crippen LogP contribution in [-0.2, 0) is 7.05 Å².